The zero-order valence-electron chi connectivity index (χ0n) is 11.6. The minimum absolute atomic E-state index is 0.0376. The van der Waals surface area contributed by atoms with Gasteiger partial charge in [-0.1, -0.05) is 29.8 Å². The van der Waals surface area contributed by atoms with Crippen LogP contribution < -0.4 is 0 Å². The summed E-state index contributed by atoms with van der Waals surface area (Å²) in [5.41, 5.74) is 0. The van der Waals surface area contributed by atoms with E-state index in [1.54, 1.807) is 16.7 Å². The number of fused-ring (bicyclic) bond motifs is 1. The minimum atomic E-state index is -0.0376. The highest BCUT2D eigenvalue weighted by atomic mass is 35.5. The molecule has 1 aliphatic rings. The van der Waals surface area contributed by atoms with Crippen LogP contribution in [0.4, 0.5) is 0 Å². The topological polar surface area (TPSA) is 40.6 Å². The number of amides is 2. The van der Waals surface area contributed by atoms with E-state index in [1.165, 1.54) is 11.3 Å². The van der Waals surface area contributed by atoms with E-state index < -0.39 is 0 Å². The maximum Gasteiger partial charge on any atom is 0.265 e. The van der Waals surface area contributed by atoms with Crippen molar-refractivity contribution in [3.8, 4) is 0 Å². The molecule has 0 atom stereocenters. The van der Waals surface area contributed by atoms with Crippen LogP contribution in [-0.4, -0.2) is 47.8 Å². The summed E-state index contributed by atoms with van der Waals surface area (Å²) < 4.78 is 1.02. The lowest BCUT2D eigenvalue weighted by atomic mass is 10.2. The lowest BCUT2D eigenvalue weighted by molar-refractivity contribution is -0.130. The molecule has 1 fully saturated rings. The molecule has 0 aliphatic carbocycles. The molecule has 0 radical (unpaired) electrons. The van der Waals surface area contributed by atoms with Gasteiger partial charge in [-0.25, -0.2) is 0 Å². The van der Waals surface area contributed by atoms with Crippen LogP contribution in [-0.2, 0) is 4.79 Å². The van der Waals surface area contributed by atoms with Crippen molar-refractivity contribution in [1.29, 1.82) is 0 Å². The van der Waals surface area contributed by atoms with Crippen LogP contribution in [0.1, 0.15) is 16.6 Å². The summed E-state index contributed by atoms with van der Waals surface area (Å²) in [5.74, 6) is 0.0198. The second-order valence-electron chi connectivity index (χ2n) is 5.04. The summed E-state index contributed by atoms with van der Waals surface area (Å²) in [5, 5.41) is 1.46. The summed E-state index contributed by atoms with van der Waals surface area (Å²) in [4.78, 5) is 28.1. The Hall–Kier alpha value is -1.59. The first-order chi connectivity index (χ1) is 10.1. The van der Waals surface area contributed by atoms with E-state index in [2.05, 4.69) is 0 Å². The third-order valence-electron chi connectivity index (χ3n) is 3.74. The third-order valence-corrected chi connectivity index (χ3v) is 5.40. The van der Waals surface area contributed by atoms with Crippen molar-refractivity contribution >= 4 is 44.8 Å². The fourth-order valence-corrected chi connectivity index (χ4v) is 4.00. The van der Waals surface area contributed by atoms with E-state index in [-0.39, 0.29) is 11.8 Å². The van der Waals surface area contributed by atoms with Crippen molar-refractivity contribution in [2.45, 2.75) is 6.92 Å². The molecule has 0 saturated carbocycles. The molecule has 0 bridgehead atoms. The van der Waals surface area contributed by atoms with Crippen molar-refractivity contribution in [2.75, 3.05) is 26.2 Å². The van der Waals surface area contributed by atoms with Crippen molar-refractivity contribution in [2.24, 2.45) is 0 Å². The molecule has 2 amide bonds. The highest BCUT2D eigenvalue weighted by Crippen LogP contribution is 2.35. The van der Waals surface area contributed by atoms with E-state index in [4.69, 9.17) is 11.6 Å². The summed E-state index contributed by atoms with van der Waals surface area (Å²) in [6, 6.07) is 7.75. The highest BCUT2D eigenvalue weighted by Gasteiger charge is 2.26. The SMILES string of the molecule is CC(=O)N1CCN(C(=O)c2sc3ccccc3c2Cl)CC1. The summed E-state index contributed by atoms with van der Waals surface area (Å²) in [6.07, 6.45) is 0. The number of halogens is 1. The van der Waals surface area contributed by atoms with Gasteiger partial charge in [0.05, 0.1) is 5.02 Å². The standard InChI is InChI=1S/C15H15ClN2O2S/c1-10(19)17-6-8-18(9-7-17)15(20)14-13(16)11-4-2-3-5-12(11)21-14/h2-5H,6-9H2,1H3. The third kappa shape index (κ3) is 2.63. The Bertz CT molecular complexity index is 705. The number of piperazine rings is 1. The highest BCUT2D eigenvalue weighted by molar-refractivity contribution is 7.21. The molecule has 2 aromatic rings. The monoisotopic (exact) mass is 322 g/mol. The first-order valence-corrected chi connectivity index (χ1v) is 7.99. The van der Waals surface area contributed by atoms with Gasteiger partial charge in [0, 0.05) is 43.2 Å². The lowest BCUT2D eigenvalue weighted by Crippen LogP contribution is -2.49. The van der Waals surface area contributed by atoms with Gasteiger partial charge in [-0.15, -0.1) is 11.3 Å². The first-order valence-electron chi connectivity index (χ1n) is 6.79. The number of hydrogen-bond donors (Lipinski definition) is 0. The van der Waals surface area contributed by atoms with Crippen molar-refractivity contribution < 1.29 is 9.59 Å². The number of rotatable bonds is 1. The predicted molar refractivity (Wildman–Crippen MR) is 85.0 cm³/mol. The quantitative estimate of drug-likeness (QED) is 0.810. The predicted octanol–water partition coefficient (Wildman–Crippen LogP) is 2.86. The van der Waals surface area contributed by atoms with Gasteiger partial charge in [0.1, 0.15) is 4.88 Å². The van der Waals surface area contributed by atoms with E-state index in [0.717, 1.165) is 10.1 Å². The molecule has 4 nitrogen and oxygen atoms in total. The molecular weight excluding hydrogens is 308 g/mol. The second kappa shape index (κ2) is 5.66. The Morgan fingerprint density at radius 2 is 1.71 bits per heavy atom. The fourth-order valence-electron chi connectivity index (χ4n) is 2.52. The van der Waals surface area contributed by atoms with Gasteiger partial charge in [-0.2, -0.15) is 0 Å². The molecule has 0 N–H and O–H groups in total. The van der Waals surface area contributed by atoms with Crippen LogP contribution in [0.15, 0.2) is 24.3 Å². The van der Waals surface area contributed by atoms with Crippen LogP contribution >= 0.6 is 22.9 Å². The molecule has 6 heteroatoms. The molecule has 1 saturated heterocycles. The van der Waals surface area contributed by atoms with Crippen molar-refractivity contribution in [3.05, 3.63) is 34.2 Å². The maximum absolute atomic E-state index is 12.6. The van der Waals surface area contributed by atoms with Gasteiger partial charge in [-0.05, 0) is 6.07 Å². The normalized spacial score (nSPS) is 15.5. The van der Waals surface area contributed by atoms with Gasteiger partial charge >= 0.3 is 0 Å². The van der Waals surface area contributed by atoms with Crippen molar-refractivity contribution in [1.82, 2.24) is 9.80 Å². The summed E-state index contributed by atoms with van der Waals surface area (Å²) in [7, 11) is 0. The van der Waals surface area contributed by atoms with E-state index in [0.29, 0.717) is 36.1 Å². The van der Waals surface area contributed by atoms with Crippen molar-refractivity contribution in [3.63, 3.8) is 0 Å². The largest absolute Gasteiger partial charge is 0.339 e. The number of benzene rings is 1. The Morgan fingerprint density at radius 1 is 1.10 bits per heavy atom. The Morgan fingerprint density at radius 3 is 2.33 bits per heavy atom. The van der Waals surface area contributed by atoms with Gasteiger partial charge in [-0.3, -0.25) is 9.59 Å². The van der Waals surface area contributed by atoms with E-state index >= 15 is 0 Å². The molecule has 1 aromatic carbocycles. The number of hydrogen-bond acceptors (Lipinski definition) is 3. The Labute approximate surface area is 131 Å². The average molecular weight is 323 g/mol. The van der Waals surface area contributed by atoms with Crippen LogP contribution in [0.25, 0.3) is 10.1 Å². The molecule has 1 aromatic heterocycles. The molecule has 110 valence electrons. The Balaban J connectivity index is 1.82. The van der Waals surface area contributed by atoms with Crippen LogP contribution in [0, 0.1) is 0 Å². The van der Waals surface area contributed by atoms with Crippen LogP contribution in [0.2, 0.25) is 5.02 Å². The molecule has 0 unspecified atom stereocenters. The number of carbonyl (C=O) groups excluding carboxylic acids is 2. The second-order valence-corrected chi connectivity index (χ2v) is 6.47. The molecule has 0 spiro atoms. The van der Waals surface area contributed by atoms with Gasteiger partial charge in [0.15, 0.2) is 0 Å². The number of carbonyl (C=O) groups is 2. The zero-order chi connectivity index (χ0) is 15.0. The smallest absolute Gasteiger partial charge is 0.265 e. The molecular formula is C15H15ClN2O2S. The lowest BCUT2D eigenvalue weighted by Gasteiger charge is -2.34. The average Bonchev–Trinajstić information content (AvgIpc) is 2.84. The number of thiophene rings is 1. The Kier molecular flexibility index (Phi) is 3.87. The van der Waals surface area contributed by atoms with Gasteiger partial charge < -0.3 is 9.80 Å². The fraction of sp³-hybridized carbons (Fsp3) is 0.333. The zero-order valence-corrected chi connectivity index (χ0v) is 13.2. The number of nitrogens with zero attached hydrogens (tertiary/aromatic N) is 2. The maximum atomic E-state index is 12.6. The van der Waals surface area contributed by atoms with E-state index in [9.17, 15) is 9.59 Å². The minimum Gasteiger partial charge on any atom is -0.339 e. The van der Waals surface area contributed by atoms with Gasteiger partial charge in [0.25, 0.3) is 5.91 Å². The molecule has 21 heavy (non-hydrogen) atoms. The molecule has 1 aliphatic heterocycles. The van der Waals surface area contributed by atoms with Crippen LogP contribution in [0.5, 0.6) is 0 Å². The molecule has 2 heterocycles. The van der Waals surface area contributed by atoms with Gasteiger partial charge in [0.2, 0.25) is 5.91 Å². The van der Waals surface area contributed by atoms with Crippen LogP contribution in [0.3, 0.4) is 0 Å². The van der Waals surface area contributed by atoms with E-state index in [1.807, 2.05) is 24.3 Å². The summed E-state index contributed by atoms with van der Waals surface area (Å²) >= 11 is 7.78. The summed E-state index contributed by atoms with van der Waals surface area (Å²) in [6.45, 7) is 3.85. The molecule has 3 rings (SSSR count). The first kappa shape index (κ1) is 14.4.